The molecule has 1 heterocycles. The SMILES string of the molecule is CCC[C@H](C)CC(O)C1CN(C(C)=O)CCN1CCO. The summed E-state index contributed by atoms with van der Waals surface area (Å²) in [5.74, 6) is 0.547. The monoisotopic (exact) mass is 286 g/mol. The van der Waals surface area contributed by atoms with Crippen LogP contribution in [0.1, 0.15) is 40.0 Å². The number of carbonyl (C=O) groups excluding carboxylic acids is 1. The number of carbonyl (C=O) groups is 1. The van der Waals surface area contributed by atoms with E-state index in [9.17, 15) is 9.90 Å². The van der Waals surface area contributed by atoms with E-state index >= 15 is 0 Å². The van der Waals surface area contributed by atoms with Gasteiger partial charge >= 0.3 is 0 Å². The van der Waals surface area contributed by atoms with Gasteiger partial charge in [0.25, 0.3) is 0 Å². The van der Waals surface area contributed by atoms with Crippen LogP contribution in [-0.4, -0.2) is 70.9 Å². The molecule has 1 rings (SSSR count). The molecule has 0 aliphatic carbocycles. The van der Waals surface area contributed by atoms with Crippen molar-refractivity contribution in [2.75, 3.05) is 32.8 Å². The van der Waals surface area contributed by atoms with E-state index in [0.29, 0.717) is 25.6 Å². The lowest BCUT2D eigenvalue weighted by Gasteiger charge is -2.43. The van der Waals surface area contributed by atoms with E-state index in [4.69, 9.17) is 5.11 Å². The summed E-state index contributed by atoms with van der Waals surface area (Å²) < 4.78 is 0. The molecule has 5 nitrogen and oxygen atoms in total. The highest BCUT2D eigenvalue weighted by atomic mass is 16.3. The van der Waals surface area contributed by atoms with Crippen molar-refractivity contribution >= 4 is 5.91 Å². The third-order valence-electron chi connectivity index (χ3n) is 4.24. The molecule has 0 spiro atoms. The molecule has 0 aromatic heterocycles. The van der Waals surface area contributed by atoms with E-state index in [2.05, 4.69) is 18.7 Å². The second-order valence-electron chi connectivity index (χ2n) is 5.99. The minimum Gasteiger partial charge on any atom is -0.395 e. The average Bonchev–Trinajstić information content (AvgIpc) is 2.39. The Bertz CT molecular complexity index is 299. The van der Waals surface area contributed by atoms with Crippen molar-refractivity contribution in [3.63, 3.8) is 0 Å². The summed E-state index contributed by atoms with van der Waals surface area (Å²) in [4.78, 5) is 15.4. The second-order valence-corrected chi connectivity index (χ2v) is 5.99. The maximum Gasteiger partial charge on any atom is 0.219 e. The van der Waals surface area contributed by atoms with Gasteiger partial charge in [-0.2, -0.15) is 0 Å². The Balaban J connectivity index is 2.64. The number of aliphatic hydroxyl groups is 2. The summed E-state index contributed by atoms with van der Waals surface area (Å²) in [7, 11) is 0. The summed E-state index contributed by atoms with van der Waals surface area (Å²) in [6, 6.07) is -0.0564. The molecule has 2 unspecified atom stereocenters. The zero-order valence-electron chi connectivity index (χ0n) is 13.1. The zero-order valence-corrected chi connectivity index (χ0v) is 13.1. The number of β-amino-alcohol motifs (C(OH)–C–C–N with tert-alkyl or cyclic N) is 1. The first kappa shape index (κ1) is 17.4. The number of nitrogens with zero attached hydrogens (tertiary/aromatic N) is 2. The Labute approximate surface area is 122 Å². The van der Waals surface area contributed by atoms with Crippen LogP contribution in [0.4, 0.5) is 0 Å². The largest absolute Gasteiger partial charge is 0.395 e. The summed E-state index contributed by atoms with van der Waals surface area (Å²) in [6.07, 6.45) is 2.55. The fraction of sp³-hybridized carbons (Fsp3) is 0.933. The van der Waals surface area contributed by atoms with Crippen molar-refractivity contribution in [1.82, 2.24) is 9.80 Å². The molecule has 1 saturated heterocycles. The number of rotatable bonds is 7. The second kappa shape index (κ2) is 8.60. The molecular weight excluding hydrogens is 256 g/mol. The normalized spacial score (nSPS) is 23.6. The molecule has 118 valence electrons. The van der Waals surface area contributed by atoms with Gasteiger partial charge in [0.05, 0.1) is 18.8 Å². The lowest BCUT2D eigenvalue weighted by Crippen LogP contribution is -2.59. The number of piperazine rings is 1. The van der Waals surface area contributed by atoms with E-state index in [0.717, 1.165) is 25.8 Å². The highest BCUT2D eigenvalue weighted by molar-refractivity contribution is 5.73. The Kier molecular flexibility index (Phi) is 7.48. The van der Waals surface area contributed by atoms with E-state index < -0.39 is 6.10 Å². The first-order chi connectivity index (χ1) is 9.49. The van der Waals surface area contributed by atoms with E-state index in [-0.39, 0.29) is 18.6 Å². The van der Waals surface area contributed by atoms with Crippen LogP contribution in [0, 0.1) is 5.92 Å². The Morgan fingerprint density at radius 1 is 1.40 bits per heavy atom. The van der Waals surface area contributed by atoms with Crippen molar-refractivity contribution in [1.29, 1.82) is 0 Å². The molecule has 2 N–H and O–H groups in total. The standard InChI is InChI=1S/C15H30N2O3/c1-4-5-12(2)10-15(20)14-11-17(13(3)19)7-6-16(14)8-9-18/h12,14-15,18,20H,4-11H2,1-3H3/t12-,14?,15?/m0/s1. The highest BCUT2D eigenvalue weighted by Crippen LogP contribution is 2.20. The maximum absolute atomic E-state index is 11.5. The molecule has 0 bridgehead atoms. The summed E-state index contributed by atoms with van der Waals surface area (Å²) in [5, 5.41) is 19.7. The van der Waals surface area contributed by atoms with Crippen molar-refractivity contribution in [3.05, 3.63) is 0 Å². The van der Waals surface area contributed by atoms with Crippen LogP contribution in [-0.2, 0) is 4.79 Å². The van der Waals surface area contributed by atoms with Crippen molar-refractivity contribution in [3.8, 4) is 0 Å². The quantitative estimate of drug-likeness (QED) is 0.723. The molecule has 1 amide bonds. The first-order valence-electron chi connectivity index (χ1n) is 7.78. The predicted octanol–water partition coefficient (Wildman–Crippen LogP) is 0.699. The topological polar surface area (TPSA) is 64.0 Å². The Morgan fingerprint density at radius 3 is 2.65 bits per heavy atom. The van der Waals surface area contributed by atoms with Crippen LogP contribution in [0.25, 0.3) is 0 Å². The van der Waals surface area contributed by atoms with Gasteiger partial charge in [-0.05, 0) is 12.3 Å². The van der Waals surface area contributed by atoms with E-state index in [1.807, 2.05) is 0 Å². The molecule has 0 aromatic carbocycles. The van der Waals surface area contributed by atoms with Gasteiger partial charge in [0, 0.05) is 33.1 Å². The molecule has 0 aromatic rings. The van der Waals surface area contributed by atoms with Crippen molar-refractivity contribution in [2.24, 2.45) is 5.92 Å². The van der Waals surface area contributed by atoms with Crippen LogP contribution in [0.5, 0.6) is 0 Å². The van der Waals surface area contributed by atoms with Gasteiger partial charge < -0.3 is 15.1 Å². The van der Waals surface area contributed by atoms with Gasteiger partial charge in [-0.25, -0.2) is 0 Å². The number of aliphatic hydroxyl groups excluding tert-OH is 2. The number of amides is 1. The molecular formula is C15H30N2O3. The van der Waals surface area contributed by atoms with Crippen molar-refractivity contribution < 1.29 is 15.0 Å². The van der Waals surface area contributed by atoms with Gasteiger partial charge in [0.2, 0.25) is 5.91 Å². The number of hydrogen-bond acceptors (Lipinski definition) is 4. The van der Waals surface area contributed by atoms with Crippen LogP contribution < -0.4 is 0 Å². The molecule has 1 aliphatic heterocycles. The first-order valence-corrected chi connectivity index (χ1v) is 7.78. The zero-order chi connectivity index (χ0) is 15.1. The van der Waals surface area contributed by atoms with Gasteiger partial charge in [0.1, 0.15) is 0 Å². The summed E-state index contributed by atoms with van der Waals surface area (Å²) >= 11 is 0. The maximum atomic E-state index is 11.5. The molecule has 0 radical (unpaired) electrons. The molecule has 1 aliphatic rings. The van der Waals surface area contributed by atoms with Gasteiger partial charge in [-0.3, -0.25) is 9.69 Å². The minimum absolute atomic E-state index is 0.0564. The molecule has 3 atom stereocenters. The van der Waals surface area contributed by atoms with Gasteiger partial charge in [-0.15, -0.1) is 0 Å². The fourth-order valence-corrected chi connectivity index (χ4v) is 3.08. The van der Waals surface area contributed by atoms with Gasteiger partial charge in [0.15, 0.2) is 0 Å². The van der Waals surface area contributed by atoms with Crippen LogP contribution >= 0.6 is 0 Å². The van der Waals surface area contributed by atoms with Gasteiger partial charge in [-0.1, -0.05) is 26.7 Å². The highest BCUT2D eigenvalue weighted by Gasteiger charge is 2.33. The summed E-state index contributed by atoms with van der Waals surface area (Å²) in [5.41, 5.74) is 0. The Hall–Kier alpha value is -0.650. The molecule has 20 heavy (non-hydrogen) atoms. The Morgan fingerprint density at radius 2 is 2.10 bits per heavy atom. The van der Waals surface area contributed by atoms with E-state index in [1.54, 1.807) is 11.8 Å². The predicted molar refractivity (Wildman–Crippen MR) is 79.4 cm³/mol. The van der Waals surface area contributed by atoms with Crippen molar-refractivity contribution in [2.45, 2.75) is 52.2 Å². The fourth-order valence-electron chi connectivity index (χ4n) is 3.08. The molecule has 1 fully saturated rings. The molecule has 0 saturated carbocycles. The lowest BCUT2D eigenvalue weighted by molar-refractivity contribution is -0.133. The average molecular weight is 286 g/mol. The third kappa shape index (κ3) is 5.04. The lowest BCUT2D eigenvalue weighted by atomic mass is 9.93. The third-order valence-corrected chi connectivity index (χ3v) is 4.24. The van der Waals surface area contributed by atoms with Crippen LogP contribution in [0.3, 0.4) is 0 Å². The minimum atomic E-state index is -0.440. The van der Waals surface area contributed by atoms with Crippen LogP contribution in [0.2, 0.25) is 0 Å². The van der Waals surface area contributed by atoms with Crippen LogP contribution in [0.15, 0.2) is 0 Å². The summed E-state index contributed by atoms with van der Waals surface area (Å²) in [6.45, 7) is 8.52. The smallest absolute Gasteiger partial charge is 0.219 e. The molecule has 5 heteroatoms. The van der Waals surface area contributed by atoms with E-state index in [1.165, 1.54) is 0 Å². The number of hydrogen-bond donors (Lipinski definition) is 2.